The van der Waals surface area contributed by atoms with Crippen LogP contribution in [-0.2, 0) is 9.59 Å². The minimum Gasteiger partial charge on any atom is -0.323 e. The first-order valence-electron chi connectivity index (χ1n) is 7.57. The molecule has 2 amide bonds. The molecule has 0 saturated carbocycles. The second kappa shape index (κ2) is 6.73. The van der Waals surface area contributed by atoms with E-state index in [0.717, 1.165) is 15.7 Å². The lowest BCUT2D eigenvalue weighted by Gasteiger charge is -2.18. The Morgan fingerprint density at radius 1 is 1.29 bits per heavy atom. The number of amides is 2. The Labute approximate surface area is 147 Å². The monoisotopic (exact) mass is 390 g/mol. The maximum Gasteiger partial charge on any atom is 0.229 e. The lowest BCUT2D eigenvalue weighted by atomic mass is 10.1. The van der Waals surface area contributed by atoms with Crippen LogP contribution in [-0.4, -0.2) is 18.4 Å². The molecule has 2 aromatic rings. The van der Waals surface area contributed by atoms with Gasteiger partial charge in [-0.1, -0.05) is 18.2 Å². The van der Waals surface area contributed by atoms with Gasteiger partial charge in [0.15, 0.2) is 0 Å². The van der Waals surface area contributed by atoms with Crippen LogP contribution in [0.2, 0.25) is 0 Å². The molecule has 0 radical (unpaired) electrons. The van der Waals surface area contributed by atoms with Gasteiger partial charge in [-0.25, -0.2) is 4.39 Å². The molecule has 0 aliphatic carbocycles. The Balaban J connectivity index is 1.74. The third-order valence-corrected chi connectivity index (χ3v) is 4.66. The van der Waals surface area contributed by atoms with Gasteiger partial charge in [0.2, 0.25) is 11.8 Å². The highest BCUT2D eigenvalue weighted by Crippen LogP contribution is 2.32. The van der Waals surface area contributed by atoms with Crippen molar-refractivity contribution >= 4 is 39.1 Å². The Morgan fingerprint density at radius 3 is 2.75 bits per heavy atom. The van der Waals surface area contributed by atoms with Crippen molar-refractivity contribution in [2.24, 2.45) is 5.92 Å². The zero-order chi connectivity index (χ0) is 17.3. The molecule has 124 valence electrons. The molecule has 1 heterocycles. The Bertz CT molecular complexity index is 809. The van der Waals surface area contributed by atoms with Crippen LogP contribution < -0.4 is 10.2 Å². The van der Waals surface area contributed by atoms with E-state index in [1.165, 1.54) is 12.1 Å². The minimum absolute atomic E-state index is 0.112. The van der Waals surface area contributed by atoms with Crippen LogP contribution in [0, 0.1) is 18.7 Å². The lowest BCUT2D eigenvalue weighted by Crippen LogP contribution is -2.28. The van der Waals surface area contributed by atoms with Crippen molar-refractivity contribution in [1.29, 1.82) is 0 Å². The summed E-state index contributed by atoms with van der Waals surface area (Å²) in [5.41, 5.74) is 1.95. The number of anilines is 2. The van der Waals surface area contributed by atoms with Gasteiger partial charge in [0, 0.05) is 17.4 Å². The van der Waals surface area contributed by atoms with E-state index in [1.807, 2.05) is 25.1 Å². The molecule has 0 aromatic heterocycles. The molecule has 1 atom stereocenters. The van der Waals surface area contributed by atoms with Crippen molar-refractivity contribution in [2.45, 2.75) is 13.3 Å². The summed E-state index contributed by atoms with van der Waals surface area (Å²) in [6.45, 7) is 2.24. The van der Waals surface area contributed by atoms with Crippen LogP contribution >= 0.6 is 15.9 Å². The van der Waals surface area contributed by atoms with Crippen LogP contribution in [0.25, 0.3) is 0 Å². The summed E-state index contributed by atoms with van der Waals surface area (Å²) in [5.74, 6) is -1.47. The van der Waals surface area contributed by atoms with E-state index >= 15 is 0 Å². The summed E-state index contributed by atoms with van der Waals surface area (Å²) in [6.07, 6.45) is 0.112. The van der Waals surface area contributed by atoms with E-state index in [9.17, 15) is 14.0 Å². The molecule has 24 heavy (non-hydrogen) atoms. The van der Waals surface area contributed by atoms with Gasteiger partial charge in [0.05, 0.1) is 17.3 Å². The summed E-state index contributed by atoms with van der Waals surface area (Å²) in [7, 11) is 0. The molecule has 1 N–H and O–H groups in total. The molecule has 6 heteroatoms. The van der Waals surface area contributed by atoms with Crippen LogP contribution in [0.3, 0.4) is 0 Å². The average Bonchev–Trinajstić information content (AvgIpc) is 2.91. The van der Waals surface area contributed by atoms with E-state index in [4.69, 9.17) is 0 Å². The molecule has 4 nitrogen and oxygen atoms in total. The highest BCUT2D eigenvalue weighted by molar-refractivity contribution is 9.10. The Morgan fingerprint density at radius 2 is 2.04 bits per heavy atom. The van der Waals surface area contributed by atoms with Crippen molar-refractivity contribution in [3.63, 3.8) is 0 Å². The number of halogens is 2. The number of para-hydroxylation sites is 1. The fourth-order valence-electron chi connectivity index (χ4n) is 2.74. The number of carbonyl (C=O) groups is 2. The maximum absolute atomic E-state index is 13.6. The molecule has 1 aliphatic heterocycles. The first-order valence-corrected chi connectivity index (χ1v) is 8.37. The summed E-state index contributed by atoms with van der Waals surface area (Å²) < 4.78 is 14.5. The normalized spacial score (nSPS) is 17.2. The molecule has 0 bridgehead atoms. The van der Waals surface area contributed by atoms with Crippen LogP contribution in [0.15, 0.2) is 46.9 Å². The molecule has 1 aliphatic rings. The maximum atomic E-state index is 13.6. The zero-order valence-corrected chi connectivity index (χ0v) is 14.6. The third-order valence-electron chi connectivity index (χ3n) is 4.02. The number of hydrogen-bond donors (Lipinski definition) is 1. The van der Waals surface area contributed by atoms with E-state index in [1.54, 1.807) is 17.0 Å². The standard InChI is InChI=1S/C18H16BrFN2O2/c1-11-6-7-16(13(19)8-11)22-10-12(9-17(22)23)18(24)21-15-5-3-2-4-14(15)20/h2-8,12H,9-10H2,1H3,(H,21,24). The number of carbonyl (C=O) groups excluding carboxylic acids is 2. The van der Waals surface area contributed by atoms with Gasteiger partial charge in [-0.2, -0.15) is 0 Å². The third kappa shape index (κ3) is 3.33. The smallest absolute Gasteiger partial charge is 0.229 e. The van der Waals surface area contributed by atoms with Crippen molar-refractivity contribution in [3.8, 4) is 0 Å². The minimum atomic E-state index is -0.509. The molecule has 1 fully saturated rings. The first kappa shape index (κ1) is 16.6. The SMILES string of the molecule is Cc1ccc(N2CC(C(=O)Nc3ccccc3F)CC2=O)c(Br)c1. The largest absolute Gasteiger partial charge is 0.323 e. The van der Waals surface area contributed by atoms with E-state index in [-0.39, 0.29) is 30.5 Å². The van der Waals surface area contributed by atoms with Gasteiger partial charge >= 0.3 is 0 Å². The summed E-state index contributed by atoms with van der Waals surface area (Å²) in [4.78, 5) is 26.2. The molecule has 2 aromatic carbocycles. The van der Waals surface area contributed by atoms with Crippen molar-refractivity contribution in [2.75, 3.05) is 16.8 Å². The predicted molar refractivity (Wildman–Crippen MR) is 94.4 cm³/mol. The topological polar surface area (TPSA) is 49.4 Å². The fourth-order valence-corrected chi connectivity index (χ4v) is 3.45. The van der Waals surface area contributed by atoms with Crippen LogP contribution in [0.4, 0.5) is 15.8 Å². The van der Waals surface area contributed by atoms with Crippen molar-refractivity contribution in [1.82, 2.24) is 0 Å². The molecule has 0 spiro atoms. The first-order chi connectivity index (χ1) is 11.5. The van der Waals surface area contributed by atoms with Gasteiger partial charge in [-0.15, -0.1) is 0 Å². The molecule has 1 saturated heterocycles. The van der Waals surface area contributed by atoms with E-state index in [0.29, 0.717) is 0 Å². The summed E-state index contributed by atoms with van der Waals surface area (Å²) >= 11 is 3.46. The average molecular weight is 391 g/mol. The van der Waals surface area contributed by atoms with Crippen molar-refractivity contribution in [3.05, 3.63) is 58.3 Å². The van der Waals surface area contributed by atoms with E-state index in [2.05, 4.69) is 21.2 Å². The number of nitrogens with one attached hydrogen (secondary N) is 1. The molecular weight excluding hydrogens is 375 g/mol. The molecule has 3 rings (SSSR count). The van der Waals surface area contributed by atoms with Crippen LogP contribution in [0.1, 0.15) is 12.0 Å². The number of nitrogens with zero attached hydrogens (tertiary/aromatic N) is 1. The number of hydrogen-bond acceptors (Lipinski definition) is 2. The second-order valence-electron chi connectivity index (χ2n) is 5.83. The number of rotatable bonds is 3. The number of aryl methyl sites for hydroxylation is 1. The Hall–Kier alpha value is -2.21. The fraction of sp³-hybridized carbons (Fsp3) is 0.222. The van der Waals surface area contributed by atoms with Gasteiger partial charge in [0.25, 0.3) is 0 Å². The zero-order valence-electron chi connectivity index (χ0n) is 13.1. The highest BCUT2D eigenvalue weighted by atomic mass is 79.9. The van der Waals surface area contributed by atoms with Gasteiger partial charge < -0.3 is 10.2 Å². The summed E-state index contributed by atoms with van der Waals surface area (Å²) in [6, 6.07) is 11.7. The Kier molecular flexibility index (Phi) is 4.66. The van der Waals surface area contributed by atoms with Crippen LogP contribution in [0.5, 0.6) is 0 Å². The lowest BCUT2D eigenvalue weighted by molar-refractivity contribution is -0.122. The summed E-state index contributed by atoms with van der Waals surface area (Å²) in [5, 5.41) is 2.56. The quantitative estimate of drug-likeness (QED) is 0.863. The van der Waals surface area contributed by atoms with Gasteiger partial charge in [-0.3, -0.25) is 9.59 Å². The molecule has 1 unspecified atom stereocenters. The van der Waals surface area contributed by atoms with Gasteiger partial charge in [0.1, 0.15) is 5.82 Å². The number of benzene rings is 2. The second-order valence-corrected chi connectivity index (χ2v) is 6.68. The van der Waals surface area contributed by atoms with E-state index < -0.39 is 11.7 Å². The predicted octanol–water partition coefficient (Wildman–Crippen LogP) is 3.89. The highest BCUT2D eigenvalue weighted by Gasteiger charge is 2.36. The molecular formula is C18H16BrFN2O2. The van der Waals surface area contributed by atoms with Gasteiger partial charge in [-0.05, 0) is 52.7 Å². The van der Waals surface area contributed by atoms with Crippen molar-refractivity contribution < 1.29 is 14.0 Å².